The van der Waals surface area contributed by atoms with E-state index in [2.05, 4.69) is 25.7 Å². The number of nitrogens with one attached hydrogen (secondary N) is 1. The first kappa shape index (κ1) is 15.5. The van der Waals surface area contributed by atoms with Gasteiger partial charge in [0.05, 0.1) is 5.69 Å². The van der Waals surface area contributed by atoms with Crippen LogP contribution in [-0.4, -0.2) is 40.6 Å². The topological polar surface area (TPSA) is 110 Å². The molecule has 9 heteroatoms. The molecule has 0 saturated heterocycles. The average Bonchev–Trinajstić information content (AvgIpc) is 3.25. The minimum absolute atomic E-state index is 0.0906. The zero-order valence-corrected chi connectivity index (χ0v) is 14.4. The summed E-state index contributed by atoms with van der Waals surface area (Å²) in [6.07, 6.45) is 1.84. The van der Waals surface area contributed by atoms with Gasteiger partial charge in [-0.2, -0.15) is 14.3 Å². The van der Waals surface area contributed by atoms with Gasteiger partial charge in [-0.1, -0.05) is 12.1 Å². The first-order chi connectivity index (χ1) is 13.1. The van der Waals surface area contributed by atoms with Gasteiger partial charge >= 0.3 is 0 Å². The van der Waals surface area contributed by atoms with Crippen molar-refractivity contribution < 1.29 is 9.90 Å². The Labute approximate surface area is 153 Å². The Morgan fingerprint density at radius 1 is 1.15 bits per heavy atom. The summed E-state index contributed by atoms with van der Waals surface area (Å²) in [5.74, 6) is 1.13. The fraction of sp³-hybridized carbons (Fsp3) is 0.167. The first-order valence-corrected chi connectivity index (χ1v) is 8.46. The molecule has 134 valence electrons. The fourth-order valence-corrected chi connectivity index (χ4v) is 3.54. The Hall–Kier alpha value is -3.75. The Balaban J connectivity index is 1.67. The number of carbonyl (C=O) groups excluding carboxylic acids is 1. The zero-order chi connectivity index (χ0) is 18.5. The number of nitrogens with zero attached hydrogens (tertiary/aromatic N) is 6. The van der Waals surface area contributed by atoms with Crippen LogP contribution in [-0.2, 0) is 4.79 Å². The number of benzene rings is 1. The number of hydrogen-bond donors (Lipinski definition) is 2. The van der Waals surface area contributed by atoms with Gasteiger partial charge in [-0.05, 0) is 36.8 Å². The Kier molecular flexibility index (Phi) is 3.23. The zero-order valence-electron chi connectivity index (χ0n) is 14.4. The predicted molar refractivity (Wildman–Crippen MR) is 95.8 cm³/mol. The molecule has 4 heterocycles. The second-order valence-electron chi connectivity index (χ2n) is 6.48. The Morgan fingerprint density at radius 2 is 1.96 bits per heavy atom. The molecular formula is C18H15N7O2. The minimum Gasteiger partial charge on any atom is -0.508 e. The van der Waals surface area contributed by atoms with Crippen LogP contribution in [0.3, 0.4) is 0 Å². The van der Waals surface area contributed by atoms with Gasteiger partial charge in [0.2, 0.25) is 5.91 Å². The molecule has 1 aliphatic rings. The molecular weight excluding hydrogens is 346 g/mol. The van der Waals surface area contributed by atoms with Gasteiger partial charge in [-0.25, -0.2) is 0 Å². The van der Waals surface area contributed by atoms with Crippen LogP contribution < -0.4 is 5.32 Å². The molecule has 0 unspecified atom stereocenters. The molecule has 1 aliphatic heterocycles. The van der Waals surface area contributed by atoms with E-state index in [1.807, 2.05) is 19.1 Å². The molecule has 4 aromatic rings. The number of rotatable bonds is 2. The monoisotopic (exact) mass is 361 g/mol. The summed E-state index contributed by atoms with van der Waals surface area (Å²) in [6.45, 7) is 1.91. The van der Waals surface area contributed by atoms with E-state index in [0.29, 0.717) is 23.7 Å². The van der Waals surface area contributed by atoms with Gasteiger partial charge in [0.1, 0.15) is 17.9 Å². The summed E-state index contributed by atoms with van der Waals surface area (Å²) in [7, 11) is 0. The number of aromatic nitrogens is 6. The smallest absolute Gasteiger partial charge is 0.226 e. The van der Waals surface area contributed by atoms with Crippen molar-refractivity contribution >= 4 is 17.4 Å². The third-order valence-electron chi connectivity index (χ3n) is 4.76. The molecule has 3 aromatic heterocycles. The normalized spacial score (nSPS) is 16.3. The molecule has 0 aliphatic carbocycles. The summed E-state index contributed by atoms with van der Waals surface area (Å²) in [4.78, 5) is 12.4. The average molecular weight is 361 g/mol. The minimum atomic E-state index is -0.137. The third-order valence-corrected chi connectivity index (χ3v) is 4.76. The van der Waals surface area contributed by atoms with Crippen LogP contribution in [0.15, 0.2) is 42.7 Å². The maximum atomic E-state index is 12.4. The highest BCUT2D eigenvalue weighted by Crippen LogP contribution is 2.40. The van der Waals surface area contributed by atoms with Gasteiger partial charge < -0.3 is 10.4 Å². The highest BCUT2D eigenvalue weighted by molar-refractivity contribution is 5.95. The molecule has 0 fully saturated rings. The highest BCUT2D eigenvalue weighted by Gasteiger charge is 2.33. The van der Waals surface area contributed by atoms with E-state index < -0.39 is 0 Å². The molecule has 1 aromatic carbocycles. The summed E-state index contributed by atoms with van der Waals surface area (Å²) in [6, 6.07) is 10.5. The summed E-state index contributed by atoms with van der Waals surface area (Å²) >= 11 is 0. The lowest BCUT2D eigenvalue weighted by molar-refractivity contribution is -0.116. The molecule has 0 saturated carbocycles. The maximum absolute atomic E-state index is 12.4. The lowest BCUT2D eigenvalue weighted by Crippen LogP contribution is -2.25. The van der Waals surface area contributed by atoms with Crippen molar-refractivity contribution in [2.75, 3.05) is 5.32 Å². The third kappa shape index (κ3) is 2.43. The van der Waals surface area contributed by atoms with Crippen molar-refractivity contribution in [1.82, 2.24) is 29.6 Å². The molecule has 1 amide bonds. The largest absolute Gasteiger partial charge is 0.508 e. The molecule has 0 spiro atoms. The van der Waals surface area contributed by atoms with Crippen molar-refractivity contribution in [3.63, 3.8) is 0 Å². The summed E-state index contributed by atoms with van der Waals surface area (Å²) in [5.41, 5.74) is 3.34. The lowest BCUT2D eigenvalue weighted by atomic mass is 9.86. The molecule has 0 radical (unpaired) electrons. The Morgan fingerprint density at radius 3 is 2.78 bits per heavy atom. The number of aryl methyl sites for hydroxylation is 1. The van der Waals surface area contributed by atoms with Crippen LogP contribution in [0.4, 0.5) is 5.82 Å². The highest BCUT2D eigenvalue weighted by atomic mass is 16.3. The van der Waals surface area contributed by atoms with Crippen LogP contribution in [0.2, 0.25) is 0 Å². The van der Waals surface area contributed by atoms with E-state index in [-0.39, 0.29) is 17.6 Å². The number of phenols is 1. The van der Waals surface area contributed by atoms with Gasteiger partial charge in [-0.3, -0.25) is 4.79 Å². The number of hydrogen-bond acceptors (Lipinski definition) is 6. The quantitative estimate of drug-likeness (QED) is 0.563. The Bertz CT molecular complexity index is 1180. The molecule has 2 N–H and O–H groups in total. The fourth-order valence-electron chi connectivity index (χ4n) is 3.54. The van der Waals surface area contributed by atoms with Gasteiger partial charge in [-0.15, -0.1) is 15.3 Å². The van der Waals surface area contributed by atoms with E-state index in [9.17, 15) is 9.90 Å². The van der Waals surface area contributed by atoms with Gasteiger partial charge in [0.25, 0.3) is 0 Å². The second kappa shape index (κ2) is 5.63. The van der Waals surface area contributed by atoms with Gasteiger partial charge in [0.15, 0.2) is 11.5 Å². The van der Waals surface area contributed by atoms with E-state index in [0.717, 1.165) is 16.8 Å². The van der Waals surface area contributed by atoms with E-state index in [1.54, 1.807) is 33.5 Å². The van der Waals surface area contributed by atoms with Crippen molar-refractivity contribution in [3.8, 4) is 11.6 Å². The summed E-state index contributed by atoms with van der Waals surface area (Å²) < 4.78 is 3.19. The standard InChI is InChI=1S/C18H15N7O2/c1-10-17-13(11-2-4-12(26)5-3-11)8-16(27)20-18(17)25(22-10)15-7-6-14-21-19-9-24(14)23-15/h2-7,9,13,26H,8H2,1H3,(H,20,27)/t13-/m0/s1. The van der Waals surface area contributed by atoms with E-state index >= 15 is 0 Å². The van der Waals surface area contributed by atoms with Crippen LogP contribution in [0.5, 0.6) is 5.75 Å². The van der Waals surface area contributed by atoms with E-state index in [4.69, 9.17) is 0 Å². The predicted octanol–water partition coefficient (Wildman–Crippen LogP) is 1.80. The number of anilines is 1. The van der Waals surface area contributed by atoms with E-state index in [1.165, 1.54) is 6.33 Å². The maximum Gasteiger partial charge on any atom is 0.226 e. The van der Waals surface area contributed by atoms with Crippen molar-refractivity contribution in [1.29, 1.82) is 0 Å². The van der Waals surface area contributed by atoms with Crippen LogP contribution in [0.1, 0.15) is 29.2 Å². The van der Waals surface area contributed by atoms with Crippen molar-refractivity contribution in [2.24, 2.45) is 0 Å². The number of phenolic OH excluding ortho intramolecular Hbond substituents is 1. The van der Waals surface area contributed by atoms with Crippen LogP contribution in [0, 0.1) is 6.92 Å². The SMILES string of the molecule is Cc1nn(-c2ccc3nncn3n2)c2c1[C@H](c1ccc(O)cc1)CC(=O)N2. The van der Waals surface area contributed by atoms with Crippen molar-refractivity contribution in [2.45, 2.75) is 19.3 Å². The lowest BCUT2D eigenvalue weighted by Gasteiger charge is -2.24. The molecule has 9 nitrogen and oxygen atoms in total. The molecule has 1 atom stereocenters. The van der Waals surface area contributed by atoms with Gasteiger partial charge in [0, 0.05) is 17.9 Å². The molecule has 0 bridgehead atoms. The number of amides is 1. The number of fused-ring (bicyclic) bond motifs is 2. The summed E-state index contributed by atoms with van der Waals surface area (Å²) in [5, 5.41) is 29.4. The first-order valence-electron chi connectivity index (χ1n) is 8.46. The van der Waals surface area contributed by atoms with Crippen molar-refractivity contribution in [3.05, 3.63) is 59.5 Å². The molecule has 27 heavy (non-hydrogen) atoms. The number of carbonyl (C=O) groups is 1. The molecule has 5 rings (SSSR count). The number of aromatic hydroxyl groups is 1. The van der Waals surface area contributed by atoms with Crippen LogP contribution in [0.25, 0.3) is 11.5 Å². The second-order valence-corrected chi connectivity index (χ2v) is 6.48. The van der Waals surface area contributed by atoms with Crippen LogP contribution >= 0.6 is 0 Å².